The van der Waals surface area contributed by atoms with E-state index in [-0.39, 0.29) is 0 Å². The third-order valence-corrected chi connectivity index (χ3v) is 3.59. The molecule has 0 aromatic carbocycles. The van der Waals surface area contributed by atoms with Crippen LogP contribution in [-0.2, 0) is 6.54 Å². The van der Waals surface area contributed by atoms with Crippen molar-refractivity contribution < 1.29 is 5.11 Å². The van der Waals surface area contributed by atoms with Crippen molar-refractivity contribution in [1.82, 2.24) is 9.78 Å². The van der Waals surface area contributed by atoms with Gasteiger partial charge in [-0.3, -0.25) is 0 Å². The first kappa shape index (κ1) is 12.2. The molecule has 3 N–H and O–H groups in total. The van der Waals surface area contributed by atoms with E-state index in [9.17, 15) is 5.11 Å². The SMILES string of the molecule is CCn1nc(C)c(N)c1N1CCC(C)(O)CC1. The van der Waals surface area contributed by atoms with E-state index < -0.39 is 5.60 Å². The van der Waals surface area contributed by atoms with E-state index in [4.69, 9.17) is 5.73 Å². The maximum atomic E-state index is 9.96. The van der Waals surface area contributed by atoms with Gasteiger partial charge in [0.25, 0.3) is 0 Å². The van der Waals surface area contributed by atoms with Gasteiger partial charge in [0.15, 0.2) is 5.82 Å². The van der Waals surface area contributed by atoms with E-state index >= 15 is 0 Å². The fraction of sp³-hybridized carbons (Fsp3) is 0.750. The van der Waals surface area contributed by atoms with Gasteiger partial charge in [0.2, 0.25) is 0 Å². The summed E-state index contributed by atoms with van der Waals surface area (Å²) in [7, 11) is 0. The normalized spacial score (nSPS) is 19.6. The third-order valence-electron chi connectivity index (χ3n) is 3.59. The predicted molar refractivity (Wildman–Crippen MR) is 69.1 cm³/mol. The van der Waals surface area contributed by atoms with Crippen molar-refractivity contribution in [3.8, 4) is 0 Å². The predicted octanol–water partition coefficient (Wildman–Crippen LogP) is 1.14. The lowest BCUT2D eigenvalue weighted by molar-refractivity contribution is 0.0349. The Bertz CT molecular complexity index is 401. The van der Waals surface area contributed by atoms with Crippen LogP contribution in [0.2, 0.25) is 0 Å². The van der Waals surface area contributed by atoms with Crippen molar-refractivity contribution >= 4 is 11.5 Å². The Kier molecular flexibility index (Phi) is 3.03. The number of nitrogens with two attached hydrogens (primary N) is 1. The molecule has 1 aliphatic heterocycles. The Labute approximate surface area is 102 Å². The highest BCUT2D eigenvalue weighted by atomic mass is 16.3. The summed E-state index contributed by atoms with van der Waals surface area (Å²) in [6, 6.07) is 0. The minimum Gasteiger partial charge on any atom is -0.394 e. The summed E-state index contributed by atoms with van der Waals surface area (Å²) in [5, 5.41) is 14.4. The molecule has 1 saturated heterocycles. The van der Waals surface area contributed by atoms with Gasteiger partial charge in [0.1, 0.15) is 0 Å². The van der Waals surface area contributed by atoms with Crippen LogP contribution in [0.3, 0.4) is 0 Å². The van der Waals surface area contributed by atoms with Crippen LogP contribution < -0.4 is 10.6 Å². The molecule has 1 fully saturated rings. The van der Waals surface area contributed by atoms with Crippen molar-refractivity contribution in [3.63, 3.8) is 0 Å². The van der Waals surface area contributed by atoms with Crippen molar-refractivity contribution in [2.24, 2.45) is 0 Å². The number of aryl methyl sites for hydroxylation is 2. The number of hydrogen-bond donors (Lipinski definition) is 2. The molecule has 96 valence electrons. The van der Waals surface area contributed by atoms with Gasteiger partial charge < -0.3 is 15.7 Å². The number of aromatic nitrogens is 2. The van der Waals surface area contributed by atoms with Gasteiger partial charge in [-0.15, -0.1) is 0 Å². The van der Waals surface area contributed by atoms with Crippen LogP contribution in [0.25, 0.3) is 0 Å². The van der Waals surface area contributed by atoms with Gasteiger partial charge in [-0.05, 0) is 33.6 Å². The second-order valence-corrected chi connectivity index (χ2v) is 5.12. The molecule has 1 aliphatic rings. The highest BCUT2D eigenvalue weighted by Gasteiger charge is 2.30. The van der Waals surface area contributed by atoms with E-state index in [2.05, 4.69) is 16.9 Å². The second kappa shape index (κ2) is 4.22. The quantitative estimate of drug-likeness (QED) is 0.811. The second-order valence-electron chi connectivity index (χ2n) is 5.12. The molecule has 17 heavy (non-hydrogen) atoms. The zero-order valence-corrected chi connectivity index (χ0v) is 10.9. The van der Waals surface area contributed by atoms with E-state index in [0.29, 0.717) is 0 Å². The van der Waals surface area contributed by atoms with Gasteiger partial charge in [0, 0.05) is 19.6 Å². The van der Waals surface area contributed by atoms with Crippen LogP contribution in [0.15, 0.2) is 0 Å². The molecule has 0 unspecified atom stereocenters. The summed E-state index contributed by atoms with van der Waals surface area (Å²) in [6.07, 6.45) is 1.56. The number of aliphatic hydroxyl groups is 1. The molecule has 0 atom stereocenters. The number of anilines is 2. The smallest absolute Gasteiger partial charge is 0.150 e. The first-order valence-electron chi connectivity index (χ1n) is 6.25. The Morgan fingerprint density at radius 2 is 2.00 bits per heavy atom. The Morgan fingerprint density at radius 1 is 1.41 bits per heavy atom. The zero-order chi connectivity index (χ0) is 12.6. The maximum absolute atomic E-state index is 9.96. The maximum Gasteiger partial charge on any atom is 0.150 e. The molecule has 5 heteroatoms. The summed E-state index contributed by atoms with van der Waals surface area (Å²) in [5.41, 5.74) is 7.22. The zero-order valence-electron chi connectivity index (χ0n) is 10.9. The molecule has 1 aromatic rings. The number of nitrogen functional groups attached to an aromatic ring is 1. The van der Waals surface area contributed by atoms with Crippen LogP contribution in [0.4, 0.5) is 11.5 Å². The highest BCUT2D eigenvalue weighted by Crippen LogP contribution is 2.31. The first-order valence-corrected chi connectivity index (χ1v) is 6.25. The molecule has 0 aliphatic carbocycles. The molecule has 0 saturated carbocycles. The first-order chi connectivity index (χ1) is 7.94. The third kappa shape index (κ3) is 2.24. The number of nitrogens with zero attached hydrogens (tertiary/aromatic N) is 3. The molecule has 0 radical (unpaired) electrons. The number of piperidine rings is 1. The minimum atomic E-state index is -0.530. The molecule has 0 amide bonds. The fourth-order valence-electron chi connectivity index (χ4n) is 2.34. The van der Waals surface area contributed by atoms with Gasteiger partial charge in [0.05, 0.1) is 17.0 Å². The lowest BCUT2D eigenvalue weighted by Gasteiger charge is -2.37. The summed E-state index contributed by atoms with van der Waals surface area (Å²) < 4.78 is 1.95. The summed E-state index contributed by atoms with van der Waals surface area (Å²) in [6.45, 7) is 8.39. The van der Waals surface area contributed by atoms with Gasteiger partial charge in [-0.2, -0.15) is 5.10 Å². The van der Waals surface area contributed by atoms with Crippen LogP contribution in [0.1, 0.15) is 32.4 Å². The Hall–Kier alpha value is -1.23. The van der Waals surface area contributed by atoms with Crippen LogP contribution in [0, 0.1) is 6.92 Å². The lowest BCUT2D eigenvalue weighted by atomic mass is 9.94. The summed E-state index contributed by atoms with van der Waals surface area (Å²) in [4.78, 5) is 2.23. The monoisotopic (exact) mass is 238 g/mol. The standard InChI is InChI=1S/C12H22N4O/c1-4-16-11(10(13)9(2)14-16)15-7-5-12(3,17)6-8-15/h17H,4-8,13H2,1-3H3. The minimum absolute atomic E-state index is 0.530. The Morgan fingerprint density at radius 3 is 2.53 bits per heavy atom. The molecule has 2 rings (SSSR count). The molecular formula is C12H22N4O. The molecule has 2 heterocycles. The van der Waals surface area contributed by atoms with E-state index in [1.165, 1.54) is 0 Å². The van der Waals surface area contributed by atoms with Gasteiger partial charge in [-0.25, -0.2) is 4.68 Å². The molecule has 1 aromatic heterocycles. The van der Waals surface area contributed by atoms with E-state index in [0.717, 1.165) is 49.7 Å². The molecule has 5 nitrogen and oxygen atoms in total. The number of rotatable bonds is 2. The summed E-state index contributed by atoms with van der Waals surface area (Å²) in [5.74, 6) is 1.01. The number of hydrogen-bond acceptors (Lipinski definition) is 4. The van der Waals surface area contributed by atoms with Gasteiger partial charge in [-0.1, -0.05) is 0 Å². The van der Waals surface area contributed by atoms with Crippen molar-refractivity contribution in [2.45, 2.75) is 45.8 Å². The van der Waals surface area contributed by atoms with Crippen LogP contribution in [0.5, 0.6) is 0 Å². The van der Waals surface area contributed by atoms with E-state index in [1.807, 2.05) is 18.5 Å². The van der Waals surface area contributed by atoms with Crippen molar-refractivity contribution in [1.29, 1.82) is 0 Å². The van der Waals surface area contributed by atoms with Crippen molar-refractivity contribution in [2.75, 3.05) is 23.7 Å². The Balaban J connectivity index is 2.23. The topological polar surface area (TPSA) is 67.3 Å². The largest absolute Gasteiger partial charge is 0.394 e. The molecule has 0 spiro atoms. The average Bonchev–Trinajstić information content (AvgIpc) is 2.56. The highest BCUT2D eigenvalue weighted by molar-refractivity contribution is 5.66. The van der Waals surface area contributed by atoms with Crippen LogP contribution >= 0.6 is 0 Å². The van der Waals surface area contributed by atoms with E-state index in [1.54, 1.807) is 0 Å². The fourth-order valence-corrected chi connectivity index (χ4v) is 2.34. The van der Waals surface area contributed by atoms with Crippen LogP contribution in [-0.4, -0.2) is 33.6 Å². The lowest BCUT2D eigenvalue weighted by Crippen LogP contribution is -2.43. The van der Waals surface area contributed by atoms with Crippen molar-refractivity contribution in [3.05, 3.63) is 5.69 Å². The molecular weight excluding hydrogens is 216 g/mol. The van der Waals surface area contributed by atoms with Gasteiger partial charge >= 0.3 is 0 Å². The average molecular weight is 238 g/mol. The summed E-state index contributed by atoms with van der Waals surface area (Å²) >= 11 is 0. The molecule has 0 bridgehead atoms.